The van der Waals surface area contributed by atoms with Crippen molar-refractivity contribution >= 4 is 17.7 Å². The zero-order valence-electron chi connectivity index (χ0n) is 10.9. The van der Waals surface area contributed by atoms with Gasteiger partial charge in [0.2, 0.25) is 0 Å². The van der Waals surface area contributed by atoms with Crippen molar-refractivity contribution in [2.75, 3.05) is 19.4 Å². The molecule has 0 heterocycles. The van der Waals surface area contributed by atoms with Crippen LogP contribution in [0.5, 0.6) is 0 Å². The number of carbonyl (C=O) groups is 1. The van der Waals surface area contributed by atoms with Gasteiger partial charge >= 0.3 is 5.97 Å². The lowest BCUT2D eigenvalue weighted by Gasteiger charge is -2.23. The molecule has 0 fully saturated rings. The normalized spacial score (nSPS) is 14.5. The molecule has 0 amide bonds. The zero-order chi connectivity index (χ0) is 12.4. The Morgan fingerprint density at radius 2 is 2.12 bits per heavy atom. The molecule has 96 valence electrons. The molecule has 2 unspecified atom stereocenters. The predicted octanol–water partition coefficient (Wildman–Crippen LogP) is 2.45. The van der Waals surface area contributed by atoms with Crippen molar-refractivity contribution in [1.82, 2.24) is 5.32 Å². The van der Waals surface area contributed by atoms with Crippen LogP contribution in [0.2, 0.25) is 0 Å². The summed E-state index contributed by atoms with van der Waals surface area (Å²) in [7, 11) is 1.44. The zero-order valence-corrected chi connectivity index (χ0v) is 11.7. The summed E-state index contributed by atoms with van der Waals surface area (Å²) in [6.45, 7) is 7.67. The highest BCUT2D eigenvalue weighted by molar-refractivity contribution is 7.99. The Morgan fingerprint density at radius 1 is 1.44 bits per heavy atom. The van der Waals surface area contributed by atoms with Crippen LogP contribution in [0.25, 0.3) is 0 Å². The Morgan fingerprint density at radius 3 is 2.62 bits per heavy atom. The van der Waals surface area contributed by atoms with Gasteiger partial charge in [0.25, 0.3) is 0 Å². The van der Waals surface area contributed by atoms with Gasteiger partial charge in [-0.05, 0) is 19.4 Å². The highest BCUT2D eigenvalue weighted by Crippen LogP contribution is 2.17. The van der Waals surface area contributed by atoms with Crippen molar-refractivity contribution in [3.8, 4) is 0 Å². The number of hydrogen-bond donors (Lipinski definition) is 1. The van der Waals surface area contributed by atoms with Crippen LogP contribution in [0.1, 0.15) is 40.0 Å². The molecule has 0 aromatic carbocycles. The van der Waals surface area contributed by atoms with Gasteiger partial charge in [0, 0.05) is 17.0 Å². The molecule has 0 bridgehead atoms. The van der Waals surface area contributed by atoms with E-state index < -0.39 is 0 Å². The second-order valence-electron chi connectivity index (χ2n) is 3.87. The van der Waals surface area contributed by atoms with E-state index >= 15 is 0 Å². The molecule has 3 nitrogen and oxygen atoms in total. The number of methoxy groups -OCH3 is 1. The summed E-state index contributed by atoms with van der Waals surface area (Å²) in [4.78, 5) is 11.0. The molecule has 0 saturated heterocycles. The van der Waals surface area contributed by atoms with Crippen molar-refractivity contribution in [1.29, 1.82) is 0 Å². The molecular weight excluding hydrogens is 222 g/mol. The molecule has 0 saturated carbocycles. The number of nitrogens with one attached hydrogen (secondary N) is 1. The maximum Gasteiger partial charge on any atom is 0.306 e. The van der Waals surface area contributed by atoms with Gasteiger partial charge in [-0.2, -0.15) is 11.8 Å². The molecule has 0 aliphatic rings. The molecule has 0 aromatic rings. The first kappa shape index (κ1) is 15.8. The lowest BCUT2D eigenvalue weighted by atomic mass is 10.1. The SMILES string of the molecule is CCCNC(CC)C(C)SCCC(=O)OC. The number of ether oxygens (including phenoxy) is 1. The van der Waals surface area contributed by atoms with E-state index in [4.69, 9.17) is 0 Å². The third kappa shape index (κ3) is 7.12. The van der Waals surface area contributed by atoms with Crippen LogP contribution in [0.4, 0.5) is 0 Å². The minimum atomic E-state index is -0.116. The van der Waals surface area contributed by atoms with Crippen LogP contribution < -0.4 is 5.32 Å². The van der Waals surface area contributed by atoms with E-state index in [9.17, 15) is 4.79 Å². The Bertz CT molecular complexity index is 188. The van der Waals surface area contributed by atoms with Crippen molar-refractivity contribution in [3.63, 3.8) is 0 Å². The Hall–Kier alpha value is -0.220. The van der Waals surface area contributed by atoms with E-state index in [1.54, 1.807) is 0 Å². The van der Waals surface area contributed by atoms with Crippen LogP contribution in [-0.2, 0) is 9.53 Å². The van der Waals surface area contributed by atoms with Crippen molar-refractivity contribution in [2.24, 2.45) is 0 Å². The molecule has 0 radical (unpaired) electrons. The van der Waals surface area contributed by atoms with Gasteiger partial charge in [0.1, 0.15) is 0 Å². The lowest BCUT2D eigenvalue weighted by Crippen LogP contribution is -2.36. The highest BCUT2D eigenvalue weighted by Gasteiger charge is 2.15. The molecule has 16 heavy (non-hydrogen) atoms. The third-order valence-electron chi connectivity index (χ3n) is 2.58. The van der Waals surface area contributed by atoms with Crippen molar-refractivity contribution in [3.05, 3.63) is 0 Å². The maximum atomic E-state index is 11.0. The van der Waals surface area contributed by atoms with Crippen LogP contribution >= 0.6 is 11.8 Å². The van der Waals surface area contributed by atoms with E-state index in [0.717, 1.165) is 25.1 Å². The van der Waals surface area contributed by atoms with Gasteiger partial charge in [-0.25, -0.2) is 0 Å². The van der Waals surface area contributed by atoms with Gasteiger partial charge < -0.3 is 10.1 Å². The lowest BCUT2D eigenvalue weighted by molar-refractivity contribution is -0.140. The minimum absolute atomic E-state index is 0.116. The van der Waals surface area contributed by atoms with Gasteiger partial charge in [0.05, 0.1) is 13.5 Å². The Balaban J connectivity index is 3.74. The van der Waals surface area contributed by atoms with Crippen molar-refractivity contribution < 1.29 is 9.53 Å². The number of esters is 1. The first-order valence-corrected chi connectivity index (χ1v) is 7.12. The molecule has 4 heteroatoms. The van der Waals surface area contributed by atoms with Crippen LogP contribution in [0.3, 0.4) is 0 Å². The van der Waals surface area contributed by atoms with E-state index in [2.05, 4.69) is 30.8 Å². The molecule has 1 N–H and O–H groups in total. The summed E-state index contributed by atoms with van der Waals surface area (Å²) >= 11 is 1.84. The van der Waals surface area contributed by atoms with E-state index in [1.807, 2.05) is 11.8 Å². The summed E-state index contributed by atoms with van der Waals surface area (Å²) in [6, 6.07) is 0.544. The van der Waals surface area contributed by atoms with E-state index in [1.165, 1.54) is 7.11 Å². The minimum Gasteiger partial charge on any atom is -0.469 e. The summed E-state index contributed by atoms with van der Waals surface area (Å²) in [5, 5.41) is 4.08. The molecular formula is C12H25NO2S. The largest absolute Gasteiger partial charge is 0.469 e. The molecule has 0 aromatic heterocycles. The monoisotopic (exact) mass is 247 g/mol. The summed E-state index contributed by atoms with van der Waals surface area (Å²) in [5.74, 6) is 0.729. The van der Waals surface area contributed by atoms with E-state index in [-0.39, 0.29) is 5.97 Å². The molecule has 0 spiro atoms. The van der Waals surface area contributed by atoms with Gasteiger partial charge in [-0.3, -0.25) is 4.79 Å². The second kappa shape index (κ2) is 9.97. The van der Waals surface area contributed by atoms with E-state index in [0.29, 0.717) is 17.7 Å². The molecule has 0 aliphatic heterocycles. The average molecular weight is 247 g/mol. The maximum absolute atomic E-state index is 11.0. The Labute approximate surface area is 104 Å². The van der Waals surface area contributed by atoms with Crippen LogP contribution in [0.15, 0.2) is 0 Å². The van der Waals surface area contributed by atoms with Gasteiger partial charge in [-0.15, -0.1) is 0 Å². The number of carbonyl (C=O) groups excluding carboxylic acids is 1. The highest BCUT2D eigenvalue weighted by atomic mass is 32.2. The molecule has 0 aliphatic carbocycles. The number of thioether (sulfide) groups is 1. The first-order chi connectivity index (χ1) is 7.65. The summed E-state index contributed by atoms with van der Waals surface area (Å²) in [6.07, 6.45) is 2.80. The standard InChI is InChI=1S/C12H25NO2S/c1-5-8-13-11(6-2)10(3)16-9-7-12(14)15-4/h10-11,13H,5-9H2,1-4H3. The summed E-state index contributed by atoms with van der Waals surface area (Å²) < 4.78 is 4.62. The van der Waals surface area contributed by atoms with Gasteiger partial charge in [0.15, 0.2) is 0 Å². The second-order valence-corrected chi connectivity index (χ2v) is 5.36. The fraction of sp³-hybridized carbons (Fsp3) is 0.917. The Kier molecular flexibility index (Phi) is 9.83. The average Bonchev–Trinajstić information content (AvgIpc) is 2.29. The number of hydrogen-bond acceptors (Lipinski definition) is 4. The fourth-order valence-corrected chi connectivity index (χ4v) is 2.70. The fourth-order valence-electron chi connectivity index (χ4n) is 1.52. The van der Waals surface area contributed by atoms with Crippen molar-refractivity contribution in [2.45, 2.75) is 51.3 Å². The molecule has 2 atom stereocenters. The summed E-state index contributed by atoms with van der Waals surface area (Å²) in [5.41, 5.74) is 0. The van der Waals surface area contributed by atoms with Gasteiger partial charge in [-0.1, -0.05) is 20.8 Å². The number of rotatable bonds is 9. The smallest absolute Gasteiger partial charge is 0.306 e. The van der Waals surface area contributed by atoms with Crippen LogP contribution in [0, 0.1) is 0 Å². The quantitative estimate of drug-likeness (QED) is 0.635. The topological polar surface area (TPSA) is 38.3 Å². The molecule has 0 rings (SSSR count). The third-order valence-corrected chi connectivity index (χ3v) is 3.87. The first-order valence-electron chi connectivity index (χ1n) is 6.07. The van der Waals surface area contributed by atoms with Crippen LogP contribution in [-0.4, -0.2) is 36.7 Å². The predicted molar refractivity (Wildman–Crippen MR) is 70.9 cm³/mol.